The molecule has 0 aromatic carbocycles. The minimum atomic E-state index is -1.07. The molecule has 0 bridgehead atoms. The van der Waals surface area contributed by atoms with Crippen molar-refractivity contribution < 1.29 is 14.7 Å². The number of carboxylic acid groups (broad SMARTS) is 1. The number of carbonyl (C=O) groups excluding carboxylic acids is 1. The number of hydrogen-bond acceptors (Lipinski definition) is 5. The van der Waals surface area contributed by atoms with Crippen LogP contribution in [-0.2, 0) is 6.54 Å². The Hall–Kier alpha value is -2.22. The van der Waals surface area contributed by atoms with Crippen LogP contribution >= 0.6 is 11.3 Å². The van der Waals surface area contributed by atoms with Crippen LogP contribution in [0.4, 0.5) is 0 Å². The number of carbonyl (C=O) groups is 2. The van der Waals surface area contributed by atoms with Crippen LogP contribution in [0.5, 0.6) is 0 Å². The van der Waals surface area contributed by atoms with Gasteiger partial charge in [0.25, 0.3) is 5.91 Å². The van der Waals surface area contributed by atoms with Crippen LogP contribution < -0.4 is 5.32 Å². The zero-order valence-corrected chi connectivity index (χ0v) is 11.0. The number of imidazole rings is 1. The molecule has 19 heavy (non-hydrogen) atoms. The SMILES string of the molecule is Cc1nc(C(=O)NCCn2cnc(C(=O)O)c2)cs1. The lowest BCUT2D eigenvalue weighted by Gasteiger charge is -2.03. The first-order valence-electron chi connectivity index (χ1n) is 5.51. The number of amides is 1. The number of aryl methyl sites for hydroxylation is 1. The molecule has 0 unspecified atom stereocenters. The number of rotatable bonds is 5. The van der Waals surface area contributed by atoms with Crippen LogP contribution in [0, 0.1) is 6.92 Å². The predicted octanol–water partition coefficient (Wildman–Crippen LogP) is 0.776. The summed E-state index contributed by atoms with van der Waals surface area (Å²) >= 11 is 1.42. The minimum Gasteiger partial charge on any atom is -0.476 e. The van der Waals surface area contributed by atoms with Crippen molar-refractivity contribution in [2.75, 3.05) is 6.54 Å². The highest BCUT2D eigenvalue weighted by Crippen LogP contribution is 2.07. The highest BCUT2D eigenvalue weighted by atomic mass is 32.1. The molecule has 2 aromatic heterocycles. The van der Waals surface area contributed by atoms with E-state index in [0.29, 0.717) is 18.8 Å². The summed E-state index contributed by atoms with van der Waals surface area (Å²) in [5.41, 5.74) is 0.390. The van der Waals surface area contributed by atoms with Gasteiger partial charge in [-0.2, -0.15) is 0 Å². The average Bonchev–Trinajstić information content (AvgIpc) is 2.98. The molecular weight excluding hydrogens is 268 g/mol. The fraction of sp³-hybridized carbons (Fsp3) is 0.273. The third kappa shape index (κ3) is 3.38. The summed E-state index contributed by atoms with van der Waals surface area (Å²) in [4.78, 5) is 30.1. The van der Waals surface area contributed by atoms with E-state index in [-0.39, 0.29) is 11.6 Å². The second kappa shape index (κ2) is 5.61. The number of carboxylic acids is 1. The standard InChI is InChI=1S/C11H12N4O3S/c1-7-14-9(5-19-7)10(16)12-2-3-15-4-8(11(17)18)13-6-15/h4-6H,2-3H2,1H3,(H,12,16)(H,17,18). The van der Waals surface area contributed by atoms with Crippen molar-refractivity contribution in [3.05, 3.63) is 34.3 Å². The first-order chi connectivity index (χ1) is 9.06. The fourth-order valence-corrected chi connectivity index (χ4v) is 2.04. The number of aromatic nitrogens is 3. The van der Waals surface area contributed by atoms with Crippen LogP contribution in [0.3, 0.4) is 0 Å². The molecule has 0 aliphatic rings. The van der Waals surface area contributed by atoms with Gasteiger partial charge in [0.1, 0.15) is 5.69 Å². The number of thiazole rings is 1. The first-order valence-corrected chi connectivity index (χ1v) is 6.39. The van der Waals surface area contributed by atoms with E-state index in [0.717, 1.165) is 5.01 Å². The normalized spacial score (nSPS) is 10.4. The Balaban J connectivity index is 1.83. The molecule has 0 saturated carbocycles. The lowest BCUT2D eigenvalue weighted by molar-refractivity contribution is 0.0690. The van der Waals surface area contributed by atoms with Crippen LogP contribution in [-0.4, -0.2) is 38.1 Å². The van der Waals surface area contributed by atoms with Gasteiger partial charge < -0.3 is 15.0 Å². The quantitative estimate of drug-likeness (QED) is 0.843. The van der Waals surface area contributed by atoms with Crippen molar-refractivity contribution in [2.24, 2.45) is 0 Å². The second-order valence-corrected chi connectivity index (χ2v) is 4.87. The zero-order chi connectivity index (χ0) is 13.8. The topological polar surface area (TPSA) is 97.1 Å². The van der Waals surface area contributed by atoms with E-state index in [4.69, 9.17) is 5.11 Å². The Labute approximate surface area is 112 Å². The van der Waals surface area contributed by atoms with Crippen molar-refractivity contribution in [1.29, 1.82) is 0 Å². The number of nitrogens with zero attached hydrogens (tertiary/aromatic N) is 3. The summed E-state index contributed by atoms with van der Waals surface area (Å²) in [6, 6.07) is 0. The summed E-state index contributed by atoms with van der Waals surface area (Å²) in [5.74, 6) is -1.30. The lowest BCUT2D eigenvalue weighted by Crippen LogP contribution is -2.27. The van der Waals surface area contributed by atoms with Gasteiger partial charge in [-0.25, -0.2) is 14.8 Å². The van der Waals surface area contributed by atoms with E-state index in [1.807, 2.05) is 6.92 Å². The molecule has 0 spiro atoms. The summed E-state index contributed by atoms with van der Waals surface area (Å²) in [7, 11) is 0. The van der Waals surface area contributed by atoms with Crippen LogP contribution in [0.25, 0.3) is 0 Å². The highest BCUT2D eigenvalue weighted by molar-refractivity contribution is 7.09. The Bertz CT molecular complexity index is 605. The summed E-state index contributed by atoms with van der Waals surface area (Å²) in [6.45, 7) is 2.67. The third-order valence-corrected chi connectivity index (χ3v) is 3.13. The molecule has 0 radical (unpaired) electrons. The molecule has 7 nitrogen and oxygen atoms in total. The average molecular weight is 280 g/mol. The maximum atomic E-state index is 11.7. The lowest BCUT2D eigenvalue weighted by atomic mass is 10.4. The fourth-order valence-electron chi connectivity index (χ4n) is 1.45. The van der Waals surface area contributed by atoms with Crippen molar-refractivity contribution in [3.8, 4) is 0 Å². The van der Waals surface area contributed by atoms with Gasteiger partial charge in [0.05, 0.1) is 11.3 Å². The first kappa shape index (κ1) is 13.2. The van der Waals surface area contributed by atoms with Crippen molar-refractivity contribution in [1.82, 2.24) is 19.9 Å². The molecule has 2 heterocycles. The zero-order valence-electron chi connectivity index (χ0n) is 10.2. The smallest absolute Gasteiger partial charge is 0.356 e. The molecule has 2 aromatic rings. The largest absolute Gasteiger partial charge is 0.476 e. The molecule has 2 rings (SSSR count). The van der Waals surface area contributed by atoms with E-state index in [2.05, 4.69) is 15.3 Å². The Morgan fingerprint density at radius 1 is 1.47 bits per heavy atom. The van der Waals surface area contributed by atoms with Gasteiger partial charge in [0, 0.05) is 24.7 Å². The molecule has 2 N–H and O–H groups in total. The van der Waals surface area contributed by atoms with Crippen LogP contribution in [0.1, 0.15) is 26.0 Å². The molecular formula is C11H12N4O3S. The minimum absolute atomic E-state index is 0.0125. The maximum absolute atomic E-state index is 11.7. The maximum Gasteiger partial charge on any atom is 0.356 e. The Morgan fingerprint density at radius 2 is 2.26 bits per heavy atom. The van der Waals surface area contributed by atoms with E-state index >= 15 is 0 Å². The molecule has 0 fully saturated rings. The number of aromatic carboxylic acids is 1. The van der Waals surface area contributed by atoms with Crippen molar-refractivity contribution in [2.45, 2.75) is 13.5 Å². The van der Waals surface area contributed by atoms with E-state index < -0.39 is 5.97 Å². The summed E-state index contributed by atoms with van der Waals surface area (Å²) in [5, 5.41) is 14.0. The van der Waals surface area contributed by atoms with Crippen molar-refractivity contribution >= 4 is 23.2 Å². The van der Waals surface area contributed by atoms with Gasteiger partial charge in [-0.15, -0.1) is 11.3 Å². The Morgan fingerprint density at radius 3 is 2.84 bits per heavy atom. The summed E-state index contributed by atoms with van der Waals surface area (Å²) < 4.78 is 1.61. The van der Waals surface area contributed by atoms with Gasteiger partial charge in [-0.05, 0) is 6.92 Å². The van der Waals surface area contributed by atoms with E-state index in [9.17, 15) is 9.59 Å². The molecule has 0 saturated heterocycles. The summed E-state index contributed by atoms with van der Waals surface area (Å²) in [6.07, 6.45) is 2.84. The van der Waals surface area contributed by atoms with E-state index in [1.54, 1.807) is 9.95 Å². The molecule has 0 atom stereocenters. The number of nitrogens with one attached hydrogen (secondary N) is 1. The molecule has 1 amide bonds. The molecule has 8 heteroatoms. The van der Waals surface area contributed by atoms with Gasteiger partial charge in [0.15, 0.2) is 5.69 Å². The number of hydrogen-bond donors (Lipinski definition) is 2. The third-order valence-electron chi connectivity index (χ3n) is 2.36. The highest BCUT2D eigenvalue weighted by Gasteiger charge is 2.09. The van der Waals surface area contributed by atoms with Gasteiger partial charge in [0.2, 0.25) is 0 Å². The van der Waals surface area contributed by atoms with E-state index in [1.165, 1.54) is 23.9 Å². The molecule has 100 valence electrons. The van der Waals surface area contributed by atoms with Crippen LogP contribution in [0.15, 0.2) is 17.9 Å². The van der Waals surface area contributed by atoms with Gasteiger partial charge in [-0.1, -0.05) is 0 Å². The second-order valence-electron chi connectivity index (χ2n) is 3.81. The van der Waals surface area contributed by atoms with Crippen LogP contribution in [0.2, 0.25) is 0 Å². The van der Waals surface area contributed by atoms with Gasteiger partial charge in [-0.3, -0.25) is 4.79 Å². The monoisotopic (exact) mass is 280 g/mol. The van der Waals surface area contributed by atoms with Gasteiger partial charge >= 0.3 is 5.97 Å². The van der Waals surface area contributed by atoms with Crippen molar-refractivity contribution in [3.63, 3.8) is 0 Å². The molecule has 0 aliphatic heterocycles. The predicted molar refractivity (Wildman–Crippen MR) is 68.4 cm³/mol. The Kier molecular flexibility index (Phi) is 3.91. The molecule has 0 aliphatic carbocycles.